The lowest BCUT2D eigenvalue weighted by Gasteiger charge is -2.38. The summed E-state index contributed by atoms with van der Waals surface area (Å²) in [6, 6.07) is 1.80. The highest BCUT2D eigenvalue weighted by Crippen LogP contribution is 2.39. The van der Waals surface area contributed by atoms with Crippen molar-refractivity contribution in [3.05, 3.63) is 0 Å². The summed E-state index contributed by atoms with van der Waals surface area (Å²) < 4.78 is 0. The van der Waals surface area contributed by atoms with Crippen molar-refractivity contribution in [1.82, 2.24) is 10.2 Å². The van der Waals surface area contributed by atoms with Crippen molar-refractivity contribution >= 4 is 0 Å². The third-order valence-electron chi connectivity index (χ3n) is 6.04. The number of nitrogens with one attached hydrogen (secondary N) is 1. The summed E-state index contributed by atoms with van der Waals surface area (Å²) in [4.78, 5) is 2.92. The largest absolute Gasteiger partial charge is 0.316 e. The van der Waals surface area contributed by atoms with Gasteiger partial charge in [0.1, 0.15) is 0 Å². The lowest BCUT2D eigenvalue weighted by molar-refractivity contribution is 0.107. The van der Waals surface area contributed by atoms with Gasteiger partial charge in [-0.2, -0.15) is 0 Å². The molecule has 2 nitrogen and oxygen atoms in total. The molecule has 0 amide bonds. The van der Waals surface area contributed by atoms with Crippen LogP contribution in [0.1, 0.15) is 52.4 Å². The Morgan fingerprint density at radius 2 is 1.78 bits per heavy atom. The molecule has 1 N–H and O–H groups in total. The zero-order valence-corrected chi connectivity index (χ0v) is 12.2. The van der Waals surface area contributed by atoms with Crippen LogP contribution in [-0.2, 0) is 0 Å². The van der Waals surface area contributed by atoms with E-state index in [0.717, 1.165) is 29.8 Å². The van der Waals surface area contributed by atoms with Gasteiger partial charge in [0.2, 0.25) is 0 Å². The topological polar surface area (TPSA) is 15.3 Å². The summed E-state index contributed by atoms with van der Waals surface area (Å²) in [5.41, 5.74) is 0. The van der Waals surface area contributed by atoms with Crippen LogP contribution in [-0.4, -0.2) is 36.6 Å². The van der Waals surface area contributed by atoms with Crippen LogP contribution in [0, 0.1) is 17.8 Å². The maximum atomic E-state index is 3.60. The lowest BCUT2D eigenvalue weighted by atomic mass is 9.83. The summed E-state index contributed by atoms with van der Waals surface area (Å²) >= 11 is 0. The van der Waals surface area contributed by atoms with Gasteiger partial charge >= 0.3 is 0 Å². The van der Waals surface area contributed by atoms with Gasteiger partial charge in [-0.15, -0.1) is 0 Å². The molecule has 3 unspecified atom stereocenters. The van der Waals surface area contributed by atoms with E-state index in [1.807, 2.05) is 0 Å². The summed E-state index contributed by atoms with van der Waals surface area (Å²) in [6.45, 7) is 8.71. The van der Waals surface area contributed by atoms with Crippen molar-refractivity contribution in [2.45, 2.75) is 64.5 Å². The summed E-state index contributed by atoms with van der Waals surface area (Å²) in [5.74, 6) is 2.95. The van der Waals surface area contributed by atoms with Crippen LogP contribution in [0.4, 0.5) is 0 Å². The maximum Gasteiger partial charge on any atom is 0.0140 e. The van der Waals surface area contributed by atoms with Crippen molar-refractivity contribution < 1.29 is 0 Å². The van der Waals surface area contributed by atoms with Gasteiger partial charge in [0.15, 0.2) is 0 Å². The molecular formula is C16H30N2. The molecule has 2 heteroatoms. The van der Waals surface area contributed by atoms with Crippen LogP contribution in [0.2, 0.25) is 0 Å². The monoisotopic (exact) mass is 250 g/mol. The van der Waals surface area contributed by atoms with Gasteiger partial charge in [0, 0.05) is 18.6 Å². The van der Waals surface area contributed by atoms with E-state index in [9.17, 15) is 0 Å². The molecule has 0 aromatic rings. The molecule has 1 aliphatic carbocycles. The Labute approximate surface area is 113 Å². The van der Waals surface area contributed by atoms with Crippen molar-refractivity contribution in [2.75, 3.05) is 19.6 Å². The first-order chi connectivity index (χ1) is 8.83. The van der Waals surface area contributed by atoms with E-state index in [1.54, 1.807) is 0 Å². The second-order valence-corrected chi connectivity index (χ2v) is 6.84. The Balaban J connectivity index is 1.62. The Morgan fingerprint density at radius 1 is 1.00 bits per heavy atom. The lowest BCUT2D eigenvalue weighted by Crippen LogP contribution is -2.44. The van der Waals surface area contributed by atoms with Gasteiger partial charge in [0.25, 0.3) is 0 Å². The molecule has 3 rings (SSSR count). The van der Waals surface area contributed by atoms with Gasteiger partial charge in [0.05, 0.1) is 0 Å². The fraction of sp³-hybridized carbons (Fsp3) is 1.00. The Morgan fingerprint density at radius 3 is 2.44 bits per heavy atom. The first-order valence-electron chi connectivity index (χ1n) is 8.29. The minimum absolute atomic E-state index is 0.883. The van der Waals surface area contributed by atoms with E-state index >= 15 is 0 Å². The Kier molecular flexibility index (Phi) is 3.95. The van der Waals surface area contributed by atoms with Crippen molar-refractivity contribution in [3.8, 4) is 0 Å². The molecule has 3 aliphatic rings. The first kappa shape index (κ1) is 12.9. The average molecular weight is 250 g/mol. The molecule has 18 heavy (non-hydrogen) atoms. The van der Waals surface area contributed by atoms with Crippen molar-refractivity contribution in [3.63, 3.8) is 0 Å². The predicted molar refractivity (Wildman–Crippen MR) is 76.7 cm³/mol. The van der Waals surface area contributed by atoms with Gasteiger partial charge < -0.3 is 5.32 Å². The first-order valence-corrected chi connectivity index (χ1v) is 8.29. The van der Waals surface area contributed by atoms with Crippen LogP contribution in [0.3, 0.4) is 0 Å². The second-order valence-electron chi connectivity index (χ2n) is 6.84. The summed E-state index contributed by atoms with van der Waals surface area (Å²) in [7, 11) is 0. The molecule has 3 fully saturated rings. The number of likely N-dealkylation sites (tertiary alicyclic amines) is 1. The predicted octanol–water partition coefficient (Wildman–Crippen LogP) is 2.89. The van der Waals surface area contributed by atoms with Gasteiger partial charge in [-0.1, -0.05) is 20.3 Å². The number of rotatable bonds is 3. The third kappa shape index (κ3) is 2.22. The molecule has 2 aliphatic heterocycles. The fourth-order valence-electron chi connectivity index (χ4n) is 4.90. The van der Waals surface area contributed by atoms with Gasteiger partial charge in [-0.25, -0.2) is 0 Å². The summed E-state index contributed by atoms with van der Waals surface area (Å²) in [5, 5.41) is 3.60. The highest BCUT2D eigenvalue weighted by molar-refractivity contribution is 5.00. The molecule has 0 aromatic carbocycles. The van der Waals surface area contributed by atoms with Gasteiger partial charge in [-0.05, 0) is 62.9 Å². The zero-order chi connectivity index (χ0) is 12.5. The minimum Gasteiger partial charge on any atom is -0.316 e. The molecule has 1 saturated carbocycles. The maximum absolute atomic E-state index is 3.60. The molecule has 0 bridgehead atoms. The highest BCUT2D eigenvalue weighted by atomic mass is 15.2. The smallest absolute Gasteiger partial charge is 0.0140 e. The Hall–Kier alpha value is -0.0800. The van der Waals surface area contributed by atoms with E-state index in [4.69, 9.17) is 0 Å². The number of fused-ring (bicyclic) bond motifs is 1. The zero-order valence-electron chi connectivity index (χ0n) is 12.2. The van der Waals surface area contributed by atoms with Gasteiger partial charge in [-0.3, -0.25) is 4.90 Å². The van der Waals surface area contributed by atoms with Crippen molar-refractivity contribution in [1.29, 1.82) is 0 Å². The molecular weight excluding hydrogens is 220 g/mol. The van der Waals surface area contributed by atoms with Crippen molar-refractivity contribution in [2.24, 2.45) is 17.8 Å². The van der Waals surface area contributed by atoms with E-state index < -0.39 is 0 Å². The molecule has 2 saturated heterocycles. The molecule has 0 spiro atoms. The molecule has 104 valence electrons. The Bertz CT molecular complexity index is 270. The van der Waals surface area contributed by atoms with Crippen LogP contribution >= 0.6 is 0 Å². The average Bonchev–Trinajstić information content (AvgIpc) is 2.98. The third-order valence-corrected chi connectivity index (χ3v) is 6.04. The molecule has 3 atom stereocenters. The highest BCUT2D eigenvalue weighted by Gasteiger charge is 2.45. The quantitative estimate of drug-likeness (QED) is 0.828. The van der Waals surface area contributed by atoms with E-state index in [2.05, 4.69) is 24.1 Å². The molecule has 0 radical (unpaired) electrons. The number of hydrogen-bond donors (Lipinski definition) is 1. The van der Waals surface area contributed by atoms with E-state index in [0.29, 0.717) is 0 Å². The second kappa shape index (κ2) is 5.50. The van der Waals surface area contributed by atoms with Crippen LogP contribution in [0.25, 0.3) is 0 Å². The number of hydrogen-bond acceptors (Lipinski definition) is 2. The summed E-state index contributed by atoms with van der Waals surface area (Å²) in [6.07, 6.45) is 8.68. The van der Waals surface area contributed by atoms with E-state index in [-0.39, 0.29) is 0 Å². The van der Waals surface area contributed by atoms with Crippen LogP contribution in [0.15, 0.2) is 0 Å². The number of nitrogens with zero attached hydrogens (tertiary/aromatic N) is 1. The molecule has 0 aromatic heterocycles. The van der Waals surface area contributed by atoms with Crippen LogP contribution in [0.5, 0.6) is 0 Å². The van der Waals surface area contributed by atoms with Crippen LogP contribution < -0.4 is 5.32 Å². The van der Waals surface area contributed by atoms with E-state index in [1.165, 1.54) is 58.2 Å². The molecule has 2 heterocycles. The minimum atomic E-state index is 0.883. The standard InChI is InChI=1S/C16H30N2/c1-3-12-5-7-14(8-6-12)18-11-13-9-17-10-15(13)16(18)4-2/h12-17H,3-11H2,1-2H3. The normalized spacial score (nSPS) is 45.3. The SMILES string of the molecule is CCC1CCC(N2CC3CNCC3C2CC)CC1. The fourth-order valence-corrected chi connectivity index (χ4v) is 4.90.